The molecule has 0 spiro atoms. The lowest BCUT2D eigenvalue weighted by molar-refractivity contribution is -0.296. The molecule has 2 nitrogen and oxygen atoms in total. The van der Waals surface area contributed by atoms with E-state index < -0.39 is 0 Å². The van der Waals surface area contributed by atoms with Crippen molar-refractivity contribution in [3.8, 4) is 0 Å². The van der Waals surface area contributed by atoms with Crippen LogP contribution >= 0.6 is 0 Å². The molecule has 0 N–H and O–H groups in total. The van der Waals surface area contributed by atoms with Crippen molar-refractivity contribution >= 4 is 0 Å². The molecular weight excluding hydrogens is 224 g/mol. The summed E-state index contributed by atoms with van der Waals surface area (Å²) >= 11 is 0. The lowest BCUT2D eigenvalue weighted by atomic mass is 9.74. The van der Waals surface area contributed by atoms with Crippen molar-refractivity contribution in [1.82, 2.24) is 0 Å². The molecule has 1 fully saturated rings. The van der Waals surface area contributed by atoms with Gasteiger partial charge in [0.1, 0.15) is 0 Å². The maximum atomic E-state index is 6.21. The molecule has 1 aliphatic heterocycles. The van der Waals surface area contributed by atoms with Gasteiger partial charge in [-0.05, 0) is 46.0 Å². The van der Waals surface area contributed by atoms with Crippen molar-refractivity contribution in [2.75, 3.05) is 0 Å². The van der Waals surface area contributed by atoms with Gasteiger partial charge >= 0.3 is 0 Å². The third kappa shape index (κ3) is 2.97. The molecule has 0 bridgehead atoms. The molecule has 0 radical (unpaired) electrons. The second-order valence-electron chi connectivity index (χ2n) is 7.03. The molecule has 1 heterocycles. The minimum absolute atomic E-state index is 0.0434. The Balaban J connectivity index is 2.15. The monoisotopic (exact) mass is 252 g/mol. The SMILES string of the molecule is CC1=CC(C)C(C2OC(C)CC(C)(C)O2)C(C)C1. The van der Waals surface area contributed by atoms with E-state index in [1.165, 1.54) is 12.0 Å². The van der Waals surface area contributed by atoms with Crippen LogP contribution in [0.3, 0.4) is 0 Å². The van der Waals surface area contributed by atoms with Gasteiger partial charge in [0.2, 0.25) is 0 Å². The zero-order valence-electron chi connectivity index (χ0n) is 12.7. The van der Waals surface area contributed by atoms with Crippen LogP contribution in [-0.2, 0) is 9.47 Å². The van der Waals surface area contributed by atoms with Crippen molar-refractivity contribution in [2.24, 2.45) is 17.8 Å². The third-order valence-electron chi connectivity index (χ3n) is 4.35. The fourth-order valence-electron chi connectivity index (χ4n) is 3.84. The van der Waals surface area contributed by atoms with Gasteiger partial charge in [-0.25, -0.2) is 0 Å². The van der Waals surface area contributed by atoms with Gasteiger partial charge in [0.05, 0.1) is 11.7 Å². The molecule has 5 unspecified atom stereocenters. The first-order valence-electron chi connectivity index (χ1n) is 7.29. The highest BCUT2D eigenvalue weighted by Gasteiger charge is 2.42. The van der Waals surface area contributed by atoms with E-state index in [0.29, 0.717) is 23.9 Å². The quantitative estimate of drug-likeness (QED) is 0.653. The number of hydrogen-bond acceptors (Lipinski definition) is 2. The van der Waals surface area contributed by atoms with Gasteiger partial charge in [0.25, 0.3) is 0 Å². The van der Waals surface area contributed by atoms with Gasteiger partial charge < -0.3 is 9.47 Å². The molecule has 1 aliphatic carbocycles. The average molecular weight is 252 g/mol. The summed E-state index contributed by atoms with van der Waals surface area (Å²) in [5.74, 6) is 1.66. The van der Waals surface area contributed by atoms with Gasteiger partial charge in [0.15, 0.2) is 6.29 Å². The van der Waals surface area contributed by atoms with Crippen LogP contribution < -0.4 is 0 Å². The molecule has 0 aromatic rings. The van der Waals surface area contributed by atoms with E-state index >= 15 is 0 Å². The topological polar surface area (TPSA) is 18.5 Å². The van der Waals surface area contributed by atoms with Crippen LogP contribution in [0.5, 0.6) is 0 Å². The van der Waals surface area contributed by atoms with E-state index in [4.69, 9.17) is 9.47 Å². The molecule has 0 aromatic heterocycles. The summed E-state index contributed by atoms with van der Waals surface area (Å²) in [6.07, 6.45) is 4.80. The Kier molecular flexibility index (Phi) is 3.89. The van der Waals surface area contributed by atoms with E-state index in [9.17, 15) is 0 Å². The first kappa shape index (κ1) is 14.1. The highest BCUT2D eigenvalue weighted by molar-refractivity contribution is 5.09. The summed E-state index contributed by atoms with van der Waals surface area (Å²) in [7, 11) is 0. The maximum Gasteiger partial charge on any atom is 0.162 e. The maximum absolute atomic E-state index is 6.21. The van der Waals surface area contributed by atoms with E-state index in [1.54, 1.807) is 0 Å². The van der Waals surface area contributed by atoms with E-state index in [2.05, 4.69) is 47.6 Å². The second-order valence-corrected chi connectivity index (χ2v) is 7.03. The van der Waals surface area contributed by atoms with Gasteiger partial charge in [-0.1, -0.05) is 25.5 Å². The van der Waals surface area contributed by atoms with Crippen LogP contribution in [-0.4, -0.2) is 18.0 Å². The normalized spacial score (nSPS) is 44.6. The van der Waals surface area contributed by atoms with Gasteiger partial charge in [0, 0.05) is 12.3 Å². The van der Waals surface area contributed by atoms with Crippen molar-refractivity contribution < 1.29 is 9.47 Å². The molecule has 2 rings (SSSR count). The third-order valence-corrected chi connectivity index (χ3v) is 4.35. The summed E-state index contributed by atoms with van der Waals surface area (Å²) in [4.78, 5) is 0. The van der Waals surface area contributed by atoms with Gasteiger partial charge in [-0.3, -0.25) is 0 Å². The summed E-state index contributed by atoms with van der Waals surface area (Å²) in [5, 5.41) is 0. The lowest BCUT2D eigenvalue weighted by Crippen LogP contribution is -2.49. The highest BCUT2D eigenvalue weighted by Crippen LogP contribution is 2.41. The fraction of sp³-hybridized carbons (Fsp3) is 0.875. The molecule has 2 heteroatoms. The van der Waals surface area contributed by atoms with E-state index in [-0.39, 0.29) is 11.9 Å². The molecule has 0 aromatic carbocycles. The van der Waals surface area contributed by atoms with Crippen LogP contribution in [0.4, 0.5) is 0 Å². The number of ether oxygens (including phenoxy) is 2. The Labute approximate surface area is 112 Å². The minimum atomic E-state index is -0.0576. The van der Waals surface area contributed by atoms with Crippen LogP contribution in [0.1, 0.15) is 54.4 Å². The van der Waals surface area contributed by atoms with Gasteiger partial charge in [-0.2, -0.15) is 0 Å². The number of hydrogen-bond donors (Lipinski definition) is 0. The fourth-order valence-corrected chi connectivity index (χ4v) is 3.84. The van der Waals surface area contributed by atoms with Crippen molar-refractivity contribution in [1.29, 1.82) is 0 Å². The van der Waals surface area contributed by atoms with E-state index in [1.807, 2.05) is 0 Å². The first-order valence-corrected chi connectivity index (χ1v) is 7.29. The molecule has 18 heavy (non-hydrogen) atoms. The lowest BCUT2D eigenvalue weighted by Gasteiger charge is -2.46. The summed E-state index contributed by atoms with van der Waals surface area (Å²) in [5.41, 5.74) is 1.45. The van der Waals surface area contributed by atoms with Crippen molar-refractivity contribution in [2.45, 2.75) is 72.4 Å². The van der Waals surface area contributed by atoms with Crippen molar-refractivity contribution in [3.63, 3.8) is 0 Å². The Morgan fingerprint density at radius 1 is 1.22 bits per heavy atom. The Hall–Kier alpha value is -0.340. The van der Waals surface area contributed by atoms with Crippen LogP contribution in [0.2, 0.25) is 0 Å². The summed E-state index contributed by atoms with van der Waals surface area (Å²) < 4.78 is 12.3. The van der Waals surface area contributed by atoms with Gasteiger partial charge in [-0.15, -0.1) is 0 Å². The summed E-state index contributed by atoms with van der Waals surface area (Å²) in [6.45, 7) is 13.4. The number of rotatable bonds is 1. The predicted molar refractivity (Wildman–Crippen MR) is 74.3 cm³/mol. The molecular formula is C16H28O2. The smallest absolute Gasteiger partial charge is 0.162 e. The standard InChI is InChI=1S/C16H28O2/c1-10-7-11(2)14(12(3)8-10)15-17-13(4)9-16(5,6)18-15/h7,11-15H,8-9H2,1-6H3. The highest BCUT2D eigenvalue weighted by atomic mass is 16.7. The molecule has 0 amide bonds. The molecule has 2 aliphatic rings. The predicted octanol–water partition coefficient (Wildman–Crippen LogP) is 4.15. The minimum Gasteiger partial charge on any atom is -0.349 e. The molecule has 104 valence electrons. The zero-order valence-corrected chi connectivity index (χ0v) is 12.7. The Morgan fingerprint density at radius 2 is 1.89 bits per heavy atom. The average Bonchev–Trinajstić information content (AvgIpc) is 2.11. The van der Waals surface area contributed by atoms with Crippen LogP contribution in [0.25, 0.3) is 0 Å². The zero-order chi connectivity index (χ0) is 13.5. The molecule has 5 atom stereocenters. The van der Waals surface area contributed by atoms with Crippen LogP contribution in [0.15, 0.2) is 11.6 Å². The molecule has 0 saturated carbocycles. The summed E-state index contributed by atoms with van der Waals surface area (Å²) in [6, 6.07) is 0. The Bertz CT molecular complexity index is 332. The molecule has 1 saturated heterocycles. The van der Waals surface area contributed by atoms with Crippen LogP contribution in [0, 0.1) is 17.8 Å². The second kappa shape index (κ2) is 4.97. The number of allylic oxidation sites excluding steroid dienone is 2. The first-order chi connectivity index (χ1) is 8.28. The van der Waals surface area contributed by atoms with Crippen molar-refractivity contribution in [3.05, 3.63) is 11.6 Å². The Morgan fingerprint density at radius 3 is 2.44 bits per heavy atom. The largest absolute Gasteiger partial charge is 0.349 e. The van der Waals surface area contributed by atoms with E-state index in [0.717, 1.165) is 6.42 Å².